The number of nitrogens with one attached hydrogen (secondary N) is 1. The lowest BCUT2D eigenvalue weighted by Crippen LogP contribution is -2.20. The lowest BCUT2D eigenvalue weighted by molar-refractivity contribution is -0.136. The van der Waals surface area contributed by atoms with E-state index in [1.807, 2.05) is 0 Å². The largest absolute Gasteiger partial charge is 0.497 e. The highest BCUT2D eigenvalue weighted by Gasteiger charge is 2.32. The number of hydrogen-bond acceptors (Lipinski definition) is 5. The maximum Gasteiger partial charge on any atom is 0.312 e. The molecule has 0 unspecified atom stereocenters. The summed E-state index contributed by atoms with van der Waals surface area (Å²) in [4.78, 5) is 30.4. The summed E-state index contributed by atoms with van der Waals surface area (Å²) in [6, 6.07) is 7.01. The second-order valence-corrected chi connectivity index (χ2v) is 6.08. The van der Waals surface area contributed by atoms with Crippen molar-refractivity contribution in [3.05, 3.63) is 59.2 Å². The van der Waals surface area contributed by atoms with Crippen LogP contribution in [0.1, 0.15) is 27.4 Å². The van der Waals surface area contributed by atoms with Crippen molar-refractivity contribution >= 4 is 22.5 Å². The number of benzene rings is 1. The second-order valence-electron chi connectivity index (χ2n) is 6.08. The number of halogens is 2. The normalized spacial score (nSPS) is 11.6. The number of aromatic amines is 1. The van der Waals surface area contributed by atoms with E-state index in [0.717, 1.165) is 12.3 Å². The van der Waals surface area contributed by atoms with Gasteiger partial charge >= 0.3 is 11.9 Å². The number of nitrogens with zero attached hydrogens (tertiary/aromatic N) is 1. The molecule has 9 heteroatoms. The van der Waals surface area contributed by atoms with E-state index >= 15 is 0 Å². The van der Waals surface area contributed by atoms with Crippen LogP contribution in [0.3, 0.4) is 0 Å². The van der Waals surface area contributed by atoms with Gasteiger partial charge in [0.1, 0.15) is 18.1 Å². The lowest BCUT2D eigenvalue weighted by atomic mass is 10.0. The van der Waals surface area contributed by atoms with Crippen molar-refractivity contribution in [2.75, 3.05) is 13.7 Å². The number of fused-ring (bicyclic) bond motifs is 1. The van der Waals surface area contributed by atoms with Crippen molar-refractivity contribution in [1.82, 2.24) is 9.97 Å². The highest BCUT2D eigenvalue weighted by molar-refractivity contribution is 6.16. The zero-order chi connectivity index (χ0) is 20.5. The number of aromatic nitrogens is 2. The Morgan fingerprint density at radius 2 is 1.96 bits per heavy atom. The molecule has 0 fully saturated rings. The van der Waals surface area contributed by atoms with Crippen LogP contribution in [0.15, 0.2) is 36.5 Å². The SMILES string of the molecule is COc1ccc2c(C(=O)c3ccc(C(F)(F)CO)nc3)[nH]c(CC(=O)O)c2c1. The lowest BCUT2D eigenvalue weighted by Gasteiger charge is -2.12. The number of carboxylic acids is 1. The standard InChI is InChI=1S/C19H16F2N2O5/c1-28-11-3-4-12-13(6-11)14(7-16(25)26)23-17(12)18(27)10-2-5-15(22-8-10)19(20,21)9-24/h2-6,8,23-24H,7,9H2,1H3,(H,25,26). The van der Waals surface area contributed by atoms with Gasteiger partial charge in [-0.1, -0.05) is 0 Å². The Morgan fingerprint density at radius 3 is 2.54 bits per heavy atom. The summed E-state index contributed by atoms with van der Waals surface area (Å²) in [5.74, 6) is -4.62. The third kappa shape index (κ3) is 3.56. The fraction of sp³-hybridized carbons (Fsp3) is 0.211. The summed E-state index contributed by atoms with van der Waals surface area (Å²) in [5, 5.41) is 18.8. The van der Waals surface area contributed by atoms with E-state index in [9.17, 15) is 18.4 Å². The number of pyridine rings is 1. The predicted octanol–water partition coefficient (Wildman–Crippen LogP) is 2.51. The molecule has 3 rings (SSSR count). The molecule has 0 saturated heterocycles. The van der Waals surface area contributed by atoms with Crippen LogP contribution < -0.4 is 4.74 Å². The number of carbonyl (C=O) groups is 2. The first-order valence-corrected chi connectivity index (χ1v) is 8.17. The van der Waals surface area contributed by atoms with Gasteiger partial charge in [0.2, 0.25) is 5.78 Å². The van der Waals surface area contributed by atoms with E-state index in [0.29, 0.717) is 22.2 Å². The zero-order valence-electron chi connectivity index (χ0n) is 14.7. The topological polar surface area (TPSA) is 113 Å². The van der Waals surface area contributed by atoms with Gasteiger partial charge in [-0.3, -0.25) is 14.6 Å². The fourth-order valence-corrected chi connectivity index (χ4v) is 2.84. The van der Waals surface area contributed by atoms with Gasteiger partial charge in [-0.2, -0.15) is 8.78 Å². The number of H-pyrrole nitrogens is 1. The summed E-state index contributed by atoms with van der Waals surface area (Å²) in [6.45, 7) is -1.39. The van der Waals surface area contributed by atoms with E-state index in [-0.39, 0.29) is 17.7 Å². The second kappa shape index (κ2) is 7.35. The Labute approximate surface area is 157 Å². The van der Waals surface area contributed by atoms with Crippen LogP contribution in [0.2, 0.25) is 0 Å². The van der Waals surface area contributed by atoms with Crippen molar-refractivity contribution in [2.45, 2.75) is 12.3 Å². The zero-order valence-corrected chi connectivity index (χ0v) is 14.7. The maximum absolute atomic E-state index is 13.5. The number of aliphatic hydroxyl groups excluding tert-OH is 1. The highest BCUT2D eigenvalue weighted by Crippen LogP contribution is 2.30. The molecule has 7 nitrogen and oxygen atoms in total. The van der Waals surface area contributed by atoms with Gasteiger partial charge in [0, 0.05) is 28.2 Å². The number of carbonyl (C=O) groups excluding carboxylic acids is 1. The third-order valence-corrected chi connectivity index (χ3v) is 4.25. The molecule has 0 amide bonds. The summed E-state index contributed by atoms with van der Waals surface area (Å²) in [5.41, 5.74) is -0.170. The Morgan fingerprint density at radius 1 is 1.21 bits per heavy atom. The molecule has 0 aliphatic heterocycles. The molecule has 2 aromatic heterocycles. The molecule has 0 spiro atoms. The minimum Gasteiger partial charge on any atom is -0.497 e. The number of alkyl halides is 2. The summed E-state index contributed by atoms with van der Waals surface area (Å²) in [6.07, 6.45) is 0.658. The summed E-state index contributed by atoms with van der Waals surface area (Å²) < 4.78 is 32.1. The van der Waals surface area contributed by atoms with Gasteiger partial charge < -0.3 is 19.9 Å². The van der Waals surface area contributed by atoms with Crippen molar-refractivity contribution < 1.29 is 33.3 Å². The van der Waals surface area contributed by atoms with Crippen molar-refractivity contribution in [1.29, 1.82) is 0 Å². The van der Waals surface area contributed by atoms with E-state index in [1.54, 1.807) is 18.2 Å². The first-order chi connectivity index (χ1) is 13.3. The number of methoxy groups -OCH3 is 1. The monoisotopic (exact) mass is 390 g/mol. The number of carboxylic acid groups (broad SMARTS) is 1. The average molecular weight is 390 g/mol. The first kappa shape index (κ1) is 19.4. The molecule has 28 heavy (non-hydrogen) atoms. The Kier molecular flexibility index (Phi) is 5.10. The maximum atomic E-state index is 13.5. The summed E-state index contributed by atoms with van der Waals surface area (Å²) >= 11 is 0. The highest BCUT2D eigenvalue weighted by atomic mass is 19.3. The molecule has 2 heterocycles. The molecule has 3 N–H and O–H groups in total. The number of rotatable bonds is 7. The fourth-order valence-electron chi connectivity index (χ4n) is 2.84. The smallest absolute Gasteiger partial charge is 0.312 e. The van der Waals surface area contributed by atoms with Crippen LogP contribution in [0, 0.1) is 0 Å². The number of aliphatic hydroxyl groups is 1. The number of aliphatic carboxylic acids is 1. The first-order valence-electron chi connectivity index (χ1n) is 8.17. The number of ether oxygens (including phenoxy) is 1. The van der Waals surface area contributed by atoms with Crippen molar-refractivity contribution in [3.8, 4) is 5.75 Å². The van der Waals surface area contributed by atoms with Crippen LogP contribution >= 0.6 is 0 Å². The van der Waals surface area contributed by atoms with Crippen LogP contribution in [0.4, 0.5) is 8.78 Å². The van der Waals surface area contributed by atoms with Crippen LogP contribution in [-0.4, -0.2) is 45.7 Å². The molecule has 0 radical (unpaired) electrons. The Hall–Kier alpha value is -3.33. The predicted molar refractivity (Wildman–Crippen MR) is 94.8 cm³/mol. The quantitative estimate of drug-likeness (QED) is 0.535. The van der Waals surface area contributed by atoms with Crippen LogP contribution in [0.5, 0.6) is 5.75 Å². The molecule has 1 aromatic carbocycles. The molecular weight excluding hydrogens is 374 g/mol. The molecule has 0 aliphatic carbocycles. The van der Waals surface area contributed by atoms with E-state index in [4.69, 9.17) is 14.9 Å². The van der Waals surface area contributed by atoms with Crippen molar-refractivity contribution in [2.24, 2.45) is 0 Å². The van der Waals surface area contributed by atoms with Gasteiger partial charge in [-0.05, 0) is 30.3 Å². The van der Waals surface area contributed by atoms with Gasteiger partial charge in [0.15, 0.2) is 0 Å². The summed E-state index contributed by atoms with van der Waals surface area (Å²) in [7, 11) is 1.46. The van der Waals surface area contributed by atoms with Gasteiger partial charge in [-0.25, -0.2) is 0 Å². The molecule has 146 valence electrons. The minimum atomic E-state index is -3.51. The average Bonchev–Trinajstić information content (AvgIpc) is 3.04. The van der Waals surface area contributed by atoms with Crippen molar-refractivity contribution in [3.63, 3.8) is 0 Å². The van der Waals surface area contributed by atoms with E-state index in [1.165, 1.54) is 13.2 Å². The minimum absolute atomic E-state index is 0.0401. The molecule has 0 saturated carbocycles. The van der Waals surface area contributed by atoms with Crippen LogP contribution in [-0.2, 0) is 17.1 Å². The Balaban J connectivity index is 2.05. The number of ketones is 1. The Bertz CT molecular complexity index is 1040. The van der Waals surface area contributed by atoms with Gasteiger partial charge in [-0.15, -0.1) is 0 Å². The number of hydrogen-bond donors (Lipinski definition) is 3. The molecule has 0 aliphatic rings. The van der Waals surface area contributed by atoms with E-state index in [2.05, 4.69) is 9.97 Å². The van der Waals surface area contributed by atoms with Gasteiger partial charge in [0.05, 0.1) is 19.2 Å². The molecule has 0 atom stereocenters. The van der Waals surface area contributed by atoms with Gasteiger partial charge in [0.25, 0.3) is 0 Å². The molecular formula is C19H16F2N2O5. The van der Waals surface area contributed by atoms with E-state index < -0.39 is 30.0 Å². The third-order valence-electron chi connectivity index (χ3n) is 4.25. The molecule has 0 bridgehead atoms. The van der Waals surface area contributed by atoms with Crippen LogP contribution in [0.25, 0.3) is 10.8 Å². The molecule has 3 aromatic rings.